The monoisotopic (exact) mass is 285 g/mol. The first-order valence-electron chi connectivity index (χ1n) is 6.50. The Bertz CT molecular complexity index is 281. The summed E-state index contributed by atoms with van der Waals surface area (Å²) in [4.78, 5) is 10.8. The second-order valence-electron chi connectivity index (χ2n) is 4.66. The molecule has 3 nitrogen and oxygen atoms in total. The van der Waals surface area contributed by atoms with Crippen molar-refractivity contribution in [2.75, 3.05) is 13.2 Å². The van der Waals surface area contributed by atoms with Gasteiger partial charge >= 0.3 is 12.3 Å². The summed E-state index contributed by atoms with van der Waals surface area (Å²) in [6, 6.07) is 0. The molecule has 0 unspecified atom stereocenters. The molecule has 1 saturated carbocycles. The Balaban J connectivity index is 2.08. The third-order valence-electron chi connectivity index (χ3n) is 3.09. The molecule has 0 spiro atoms. The first kappa shape index (κ1) is 16.2. The van der Waals surface area contributed by atoms with Gasteiger partial charge in [-0.1, -0.05) is 19.3 Å². The van der Waals surface area contributed by atoms with Crippen LogP contribution in [0.25, 0.3) is 0 Å². The van der Waals surface area contributed by atoms with Crippen molar-refractivity contribution in [1.82, 2.24) is 5.32 Å². The van der Waals surface area contributed by atoms with E-state index in [0.717, 1.165) is 25.7 Å². The van der Waals surface area contributed by atoms with Crippen LogP contribution in [0.1, 0.15) is 38.5 Å². The van der Waals surface area contributed by atoms with Gasteiger partial charge < -0.3 is 10.1 Å². The van der Waals surface area contributed by atoms with Crippen molar-refractivity contribution in [1.29, 1.82) is 0 Å². The average molecular weight is 285 g/mol. The van der Waals surface area contributed by atoms with Crippen LogP contribution in [0.4, 0.5) is 17.6 Å². The van der Waals surface area contributed by atoms with Gasteiger partial charge in [-0.25, -0.2) is 8.78 Å². The maximum Gasteiger partial charge on any atom is 0.383 e. The van der Waals surface area contributed by atoms with E-state index in [9.17, 15) is 22.4 Å². The van der Waals surface area contributed by atoms with Gasteiger partial charge in [0.2, 0.25) is 0 Å². The fraction of sp³-hybridized carbons (Fsp3) is 0.917. The van der Waals surface area contributed by atoms with Crippen LogP contribution in [0.15, 0.2) is 0 Å². The van der Waals surface area contributed by atoms with E-state index in [0.29, 0.717) is 13.0 Å². The lowest BCUT2D eigenvalue weighted by Gasteiger charge is -2.22. The highest BCUT2D eigenvalue weighted by Gasteiger charge is 2.48. The first-order chi connectivity index (χ1) is 8.94. The van der Waals surface area contributed by atoms with E-state index in [4.69, 9.17) is 4.74 Å². The number of carbonyl (C=O) groups is 1. The molecule has 7 heteroatoms. The molecule has 0 saturated heterocycles. The van der Waals surface area contributed by atoms with Crippen LogP contribution in [-0.2, 0) is 9.53 Å². The minimum Gasteiger partial charge on any atom is -0.378 e. The van der Waals surface area contributed by atoms with Gasteiger partial charge in [0.05, 0.1) is 6.10 Å². The third-order valence-corrected chi connectivity index (χ3v) is 3.09. The fourth-order valence-electron chi connectivity index (χ4n) is 1.97. The lowest BCUT2D eigenvalue weighted by Crippen LogP contribution is -2.45. The molecule has 0 heterocycles. The maximum atomic E-state index is 12.5. The van der Waals surface area contributed by atoms with Crippen LogP contribution >= 0.6 is 0 Å². The van der Waals surface area contributed by atoms with E-state index in [-0.39, 0.29) is 12.6 Å². The summed E-state index contributed by atoms with van der Waals surface area (Å²) in [6.07, 6.45) is 2.01. The summed E-state index contributed by atoms with van der Waals surface area (Å²) in [5.41, 5.74) is 0. The van der Waals surface area contributed by atoms with E-state index in [1.54, 1.807) is 5.32 Å². The first-order valence-corrected chi connectivity index (χ1v) is 6.50. The van der Waals surface area contributed by atoms with Gasteiger partial charge in [-0.2, -0.15) is 8.78 Å². The number of hydrogen-bond acceptors (Lipinski definition) is 2. The topological polar surface area (TPSA) is 38.3 Å². The highest BCUT2D eigenvalue weighted by molar-refractivity contribution is 5.83. The number of hydrogen-bond donors (Lipinski definition) is 1. The minimum absolute atomic E-state index is 0.0894. The van der Waals surface area contributed by atoms with Gasteiger partial charge in [0.1, 0.15) is 0 Å². The van der Waals surface area contributed by atoms with Gasteiger partial charge in [0, 0.05) is 13.2 Å². The number of alkyl halides is 4. The van der Waals surface area contributed by atoms with Crippen LogP contribution in [0.3, 0.4) is 0 Å². The fourth-order valence-corrected chi connectivity index (χ4v) is 1.97. The third kappa shape index (κ3) is 5.34. The summed E-state index contributed by atoms with van der Waals surface area (Å²) in [6.45, 7) is 0.249. The zero-order valence-electron chi connectivity index (χ0n) is 10.6. The second kappa shape index (κ2) is 7.67. The van der Waals surface area contributed by atoms with Crippen molar-refractivity contribution in [2.45, 2.75) is 57.0 Å². The van der Waals surface area contributed by atoms with Crippen molar-refractivity contribution >= 4 is 5.91 Å². The van der Waals surface area contributed by atoms with Gasteiger partial charge in [-0.3, -0.25) is 4.79 Å². The Labute approximate surface area is 109 Å². The lowest BCUT2D eigenvalue weighted by atomic mass is 9.98. The molecular formula is C12H19F4NO2. The minimum atomic E-state index is -4.62. The van der Waals surface area contributed by atoms with Crippen LogP contribution in [0.2, 0.25) is 0 Å². The van der Waals surface area contributed by atoms with E-state index < -0.39 is 18.3 Å². The van der Waals surface area contributed by atoms with Gasteiger partial charge in [0.15, 0.2) is 0 Å². The Morgan fingerprint density at radius 1 is 1.26 bits per heavy atom. The van der Waals surface area contributed by atoms with Crippen LogP contribution in [0, 0.1) is 0 Å². The molecule has 1 aliphatic carbocycles. The number of amides is 1. The molecule has 19 heavy (non-hydrogen) atoms. The molecule has 0 radical (unpaired) electrons. The van der Waals surface area contributed by atoms with Crippen molar-refractivity contribution in [2.24, 2.45) is 0 Å². The van der Waals surface area contributed by atoms with Crippen LogP contribution in [-0.4, -0.2) is 37.5 Å². The molecule has 0 aliphatic heterocycles. The summed E-state index contributed by atoms with van der Waals surface area (Å²) in [7, 11) is 0. The molecule has 0 aromatic rings. The van der Waals surface area contributed by atoms with Crippen LogP contribution < -0.4 is 5.32 Å². The molecular weight excluding hydrogens is 266 g/mol. The molecule has 1 aliphatic rings. The molecule has 0 atom stereocenters. The summed E-state index contributed by atoms with van der Waals surface area (Å²) in [5, 5.41) is 1.79. The normalized spacial score (nSPS) is 17.7. The van der Waals surface area contributed by atoms with E-state index >= 15 is 0 Å². The second-order valence-corrected chi connectivity index (χ2v) is 4.66. The Kier molecular flexibility index (Phi) is 6.54. The Morgan fingerprint density at radius 3 is 2.47 bits per heavy atom. The summed E-state index contributed by atoms with van der Waals surface area (Å²) >= 11 is 0. The maximum absolute atomic E-state index is 12.5. The average Bonchev–Trinajstić information content (AvgIpc) is 2.39. The molecule has 0 bridgehead atoms. The van der Waals surface area contributed by atoms with Gasteiger partial charge in [0.25, 0.3) is 5.91 Å². The zero-order chi connectivity index (χ0) is 14.3. The van der Waals surface area contributed by atoms with E-state index in [1.807, 2.05) is 0 Å². The largest absolute Gasteiger partial charge is 0.383 e. The van der Waals surface area contributed by atoms with E-state index in [1.165, 1.54) is 6.42 Å². The molecule has 0 aromatic carbocycles. The Morgan fingerprint density at radius 2 is 1.89 bits per heavy atom. The lowest BCUT2D eigenvalue weighted by molar-refractivity contribution is -0.169. The molecule has 0 aromatic heterocycles. The smallest absolute Gasteiger partial charge is 0.378 e. The summed E-state index contributed by atoms with van der Waals surface area (Å²) < 4.78 is 54.3. The molecule has 1 amide bonds. The standard InChI is InChI=1S/C12H19F4NO2/c13-10(14)12(15,16)11(18)17-7-4-8-19-9-5-2-1-3-6-9/h9-10H,1-8H2,(H,17,18). The zero-order valence-corrected chi connectivity index (χ0v) is 10.6. The molecule has 112 valence electrons. The molecule has 1 rings (SSSR count). The van der Waals surface area contributed by atoms with Crippen LogP contribution in [0.5, 0.6) is 0 Å². The molecule has 1 N–H and O–H groups in total. The Hall–Kier alpha value is -0.850. The predicted molar refractivity (Wildman–Crippen MR) is 61.4 cm³/mol. The highest BCUT2D eigenvalue weighted by Crippen LogP contribution is 2.22. The molecule has 1 fully saturated rings. The SMILES string of the molecule is O=C(NCCCOC1CCCCC1)C(F)(F)C(F)F. The quantitative estimate of drug-likeness (QED) is 0.577. The van der Waals surface area contributed by atoms with Crippen molar-refractivity contribution in [3.63, 3.8) is 0 Å². The van der Waals surface area contributed by atoms with Crippen molar-refractivity contribution in [3.05, 3.63) is 0 Å². The highest BCUT2D eigenvalue weighted by atomic mass is 19.3. The summed E-state index contributed by atoms with van der Waals surface area (Å²) in [5.74, 6) is -6.55. The van der Waals surface area contributed by atoms with Gasteiger partial charge in [-0.05, 0) is 19.3 Å². The number of ether oxygens (including phenoxy) is 1. The number of nitrogens with one attached hydrogen (secondary N) is 1. The van der Waals surface area contributed by atoms with Crippen molar-refractivity contribution < 1.29 is 27.1 Å². The number of rotatable bonds is 7. The van der Waals surface area contributed by atoms with Gasteiger partial charge in [-0.15, -0.1) is 0 Å². The number of carbonyl (C=O) groups excluding carboxylic acids is 1. The predicted octanol–water partition coefficient (Wildman–Crippen LogP) is 2.74. The van der Waals surface area contributed by atoms with E-state index in [2.05, 4.69) is 0 Å². The number of halogens is 4. The van der Waals surface area contributed by atoms with Crippen molar-refractivity contribution in [3.8, 4) is 0 Å².